The summed E-state index contributed by atoms with van der Waals surface area (Å²) in [5, 5.41) is 12.3. The van der Waals surface area contributed by atoms with Crippen LogP contribution < -0.4 is 10.6 Å². The van der Waals surface area contributed by atoms with Crippen LogP contribution in [0.5, 0.6) is 0 Å². The molecule has 3 rings (SSSR count). The quantitative estimate of drug-likeness (QED) is 0.657. The number of nitrogens with one attached hydrogen (secondary N) is 2. The lowest BCUT2D eigenvalue weighted by Crippen LogP contribution is -2.39. The van der Waals surface area contributed by atoms with Crippen molar-refractivity contribution in [2.24, 2.45) is 0 Å². The van der Waals surface area contributed by atoms with Gasteiger partial charge in [0.05, 0.1) is 0 Å². The second-order valence-electron chi connectivity index (χ2n) is 5.72. The maximum Gasteiger partial charge on any atom is 0.321 e. The Bertz CT molecular complexity index is 943. The molecule has 0 saturated heterocycles. The molecule has 1 aromatic heterocycles. The van der Waals surface area contributed by atoms with E-state index in [4.69, 9.17) is 4.42 Å². The van der Waals surface area contributed by atoms with E-state index >= 15 is 0 Å². The monoisotopic (exact) mass is 382 g/mol. The molecular formula is C19H18N4O3S. The molecule has 27 heavy (non-hydrogen) atoms. The van der Waals surface area contributed by atoms with Crippen molar-refractivity contribution in [1.82, 2.24) is 20.8 Å². The lowest BCUT2D eigenvalue weighted by molar-refractivity contribution is -0.119. The third kappa shape index (κ3) is 4.73. The molecule has 1 atom stereocenters. The zero-order valence-electron chi connectivity index (χ0n) is 14.8. The predicted molar refractivity (Wildman–Crippen MR) is 102 cm³/mol. The second-order valence-corrected chi connectivity index (χ2v) is 6.78. The van der Waals surface area contributed by atoms with Crippen molar-refractivity contribution in [2.75, 3.05) is 7.05 Å². The number of rotatable bonds is 5. The summed E-state index contributed by atoms with van der Waals surface area (Å²) in [5.41, 5.74) is 2.60. The van der Waals surface area contributed by atoms with Crippen LogP contribution in [0.1, 0.15) is 16.4 Å². The Hall–Kier alpha value is -3.13. The maximum atomic E-state index is 12.6. The molecule has 0 unspecified atom stereocenters. The van der Waals surface area contributed by atoms with Crippen molar-refractivity contribution in [3.63, 3.8) is 0 Å². The van der Waals surface area contributed by atoms with Gasteiger partial charge in [-0.15, -0.1) is 10.2 Å². The van der Waals surface area contributed by atoms with Crippen LogP contribution in [0.15, 0.2) is 64.2 Å². The summed E-state index contributed by atoms with van der Waals surface area (Å²) in [6.45, 7) is 1.98. The third-order valence-electron chi connectivity index (χ3n) is 3.69. The highest BCUT2D eigenvalue weighted by Crippen LogP contribution is 2.35. The average Bonchev–Trinajstić information content (AvgIpc) is 3.15. The highest BCUT2D eigenvalue weighted by Gasteiger charge is 2.26. The lowest BCUT2D eigenvalue weighted by Gasteiger charge is -2.14. The molecule has 0 fully saturated rings. The van der Waals surface area contributed by atoms with Crippen molar-refractivity contribution in [3.8, 4) is 11.5 Å². The Morgan fingerprint density at radius 2 is 1.85 bits per heavy atom. The average molecular weight is 382 g/mol. The molecule has 0 aliphatic carbocycles. The number of carbonyl (C=O) groups excluding carboxylic acids is 2. The van der Waals surface area contributed by atoms with Crippen molar-refractivity contribution < 1.29 is 14.0 Å². The fourth-order valence-electron chi connectivity index (χ4n) is 2.39. The molecule has 0 aliphatic rings. The molecule has 3 aromatic rings. The smallest absolute Gasteiger partial charge is 0.321 e. The van der Waals surface area contributed by atoms with Gasteiger partial charge >= 0.3 is 6.03 Å². The largest absolute Gasteiger partial charge is 0.411 e. The minimum Gasteiger partial charge on any atom is -0.411 e. The third-order valence-corrected chi connectivity index (χ3v) is 4.78. The SMILES string of the molecule is CNC(=O)NC(=O)[C@@H](Sc1nnc(-c2cccc(C)c2)o1)c1ccccc1. The molecule has 7 nitrogen and oxygen atoms in total. The summed E-state index contributed by atoms with van der Waals surface area (Å²) in [5.74, 6) is -0.0967. The molecule has 2 N–H and O–H groups in total. The molecule has 0 spiro atoms. The van der Waals surface area contributed by atoms with Gasteiger partial charge in [0.2, 0.25) is 11.8 Å². The molecule has 0 aliphatic heterocycles. The Morgan fingerprint density at radius 3 is 2.56 bits per heavy atom. The van der Waals surface area contributed by atoms with Gasteiger partial charge in [-0.2, -0.15) is 0 Å². The molecule has 1 heterocycles. The number of imide groups is 1. The van der Waals surface area contributed by atoms with Gasteiger partial charge in [-0.05, 0) is 36.4 Å². The number of urea groups is 1. The van der Waals surface area contributed by atoms with Gasteiger partial charge in [0.25, 0.3) is 5.22 Å². The summed E-state index contributed by atoms with van der Waals surface area (Å²) < 4.78 is 5.72. The van der Waals surface area contributed by atoms with E-state index in [-0.39, 0.29) is 5.22 Å². The number of thioether (sulfide) groups is 1. The van der Waals surface area contributed by atoms with Crippen LogP contribution in [0.4, 0.5) is 4.79 Å². The van der Waals surface area contributed by atoms with Crippen LogP contribution >= 0.6 is 11.8 Å². The van der Waals surface area contributed by atoms with Gasteiger partial charge in [0, 0.05) is 12.6 Å². The van der Waals surface area contributed by atoms with Crippen molar-refractivity contribution in [3.05, 3.63) is 65.7 Å². The number of amides is 3. The number of aryl methyl sites for hydroxylation is 1. The van der Waals surface area contributed by atoms with Crippen molar-refractivity contribution in [1.29, 1.82) is 0 Å². The van der Waals surface area contributed by atoms with E-state index in [2.05, 4.69) is 20.8 Å². The highest BCUT2D eigenvalue weighted by molar-refractivity contribution is 8.00. The van der Waals surface area contributed by atoms with Crippen LogP contribution in [0.2, 0.25) is 0 Å². The van der Waals surface area contributed by atoms with Crippen LogP contribution in [-0.2, 0) is 4.79 Å². The topological polar surface area (TPSA) is 97.1 Å². The van der Waals surface area contributed by atoms with Gasteiger partial charge in [0.1, 0.15) is 5.25 Å². The molecule has 0 bridgehead atoms. The minimum absolute atomic E-state index is 0.243. The van der Waals surface area contributed by atoms with Crippen molar-refractivity contribution in [2.45, 2.75) is 17.4 Å². The van der Waals surface area contributed by atoms with E-state index in [0.717, 1.165) is 28.5 Å². The summed E-state index contributed by atoms with van der Waals surface area (Å²) in [7, 11) is 1.44. The first-order valence-corrected chi connectivity index (χ1v) is 9.09. The molecule has 3 amide bonds. The molecule has 0 radical (unpaired) electrons. The Morgan fingerprint density at radius 1 is 1.07 bits per heavy atom. The number of hydrogen-bond donors (Lipinski definition) is 2. The van der Waals surface area contributed by atoms with Crippen LogP contribution in [0.25, 0.3) is 11.5 Å². The first-order valence-electron chi connectivity index (χ1n) is 8.21. The molecule has 8 heteroatoms. The van der Waals surface area contributed by atoms with Crippen LogP contribution in [0, 0.1) is 6.92 Å². The van der Waals surface area contributed by atoms with E-state index in [9.17, 15) is 9.59 Å². The highest BCUT2D eigenvalue weighted by atomic mass is 32.2. The van der Waals surface area contributed by atoms with E-state index in [1.54, 1.807) is 12.1 Å². The van der Waals surface area contributed by atoms with Gasteiger partial charge < -0.3 is 9.73 Å². The normalized spacial score (nSPS) is 11.6. The zero-order chi connectivity index (χ0) is 19.2. The van der Waals surface area contributed by atoms with E-state index < -0.39 is 17.2 Å². The molecular weight excluding hydrogens is 364 g/mol. The Labute approximate surface area is 160 Å². The zero-order valence-corrected chi connectivity index (χ0v) is 15.6. The summed E-state index contributed by atoms with van der Waals surface area (Å²) in [6, 6.07) is 16.2. The number of aromatic nitrogens is 2. The van der Waals surface area contributed by atoms with E-state index in [1.165, 1.54) is 7.05 Å². The number of nitrogens with zero attached hydrogens (tertiary/aromatic N) is 2. The van der Waals surface area contributed by atoms with Gasteiger partial charge in [-0.1, -0.05) is 48.0 Å². The summed E-state index contributed by atoms with van der Waals surface area (Å²) >= 11 is 1.09. The Balaban J connectivity index is 1.84. The second kappa shape index (κ2) is 8.50. The number of benzene rings is 2. The summed E-state index contributed by atoms with van der Waals surface area (Å²) in [6.07, 6.45) is 0. The Kier molecular flexibility index (Phi) is 5.87. The van der Waals surface area contributed by atoms with Crippen molar-refractivity contribution >= 4 is 23.7 Å². The van der Waals surface area contributed by atoms with E-state index in [0.29, 0.717) is 5.89 Å². The van der Waals surface area contributed by atoms with Gasteiger partial charge in [0.15, 0.2) is 0 Å². The number of hydrogen-bond acceptors (Lipinski definition) is 6. The first kappa shape index (κ1) is 18.7. The number of carbonyl (C=O) groups is 2. The van der Waals surface area contributed by atoms with E-state index in [1.807, 2.05) is 49.4 Å². The maximum absolute atomic E-state index is 12.6. The van der Waals surface area contributed by atoms with Gasteiger partial charge in [-0.3, -0.25) is 10.1 Å². The molecule has 0 saturated carbocycles. The van der Waals surface area contributed by atoms with Crippen LogP contribution in [-0.4, -0.2) is 29.2 Å². The van der Waals surface area contributed by atoms with Gasteiger partial charge in [-0.25, -0.2) is 4.79 Å². The first-order chi connectivity index (χ1) is 13.1. The molecule has 2 aromatic carbocycles. The molecule has 138 valence electrons. The standard InChI is InChI=1S/C19H18N4O3S/c1-12-7-6-10-14(11-12)17-22-23-19(26-17)27-15(13-8-4-3-5-9-13)16(24)21-18(25)20-2/h3-11,15H,1-2H3,(H2,20,21,24,25)/t15-/m0/s1. The van der Waals surface area contributed by atoms with Crippen LogP contribution in [0.3, 0.4) is 0 Å². The fraction of sp³-hybridized carbons (Fsp3) is 0.158. The lowest BCUT2D eigenvalue weighted by atomic mass is 10.1. The summed E-state index contributed by atoms with van der Waals surface area (Å²) in [4.78, 5) is 24.1. The fourth-order valence-corrected chi connectivity index (χ4v) is 3.27. The minimum atomic E-state index is -0.714. The predicted octanol–water partition coefficient (Wildman–Crippen LogP) is 3.33.